The van der Waals surface area contributed by atoms with E-state index in [0.29, 0.717) is 5.56 Å². The first-order valence-corrected chi connectivity index (χ1v) is 3.60. The van der Waals surface area contributed by atoms with Crippen LogP contribution in [0, 0.1) is 0 Å². The number of hydrogen-bond acceptors (Lipinski definition) is 1. The van der Waals surface area contributed by atoms with Crippen molar-refractivity contribution in [2.45, 2.75) is 5.10 Å². The second-order valence-corrected chi connectivity index (χ2v) is 2.19. The molecule has 1 rings (SSSR count). The Balaban J connectivity index is 0.000000310. The van der Waals surface area contributed by atoms with Crippen molar-refractivity contribution in [1.82, 2.24) is 0 Å². The summed E-state index contributed by atoms with van der Waals surface area (Å²) in [6.07, 6.45) is 0. The molecule has 0 heterocycles. The van der Waals surface area contributed by atoms with Crippen molar-refractivity contribution in [3.63, 3.8) is 0 Å². The van der Waals surface area contributed by atoms with Crippen LogP contribution in [0.2, 0.25) is 0 Å². The summed E-state index contributed by atoms with van der Waals surface area (Å²) in [4.78, 5) is 10.2. The third-order valence-electron chi connectivity index (χ3n) is 1.02. The second-order valence-electron chi connectivity index (χ2n) is 2.19. The van der Waals surface area contributed by atoms with Crippen LogP contribution in [0.5, 0.6) is 0 Å². The van der Waals surface area contributed by atoms with Crippen LogP contribution in [-0.2, 0) is 0 Å². The number of halogens is 2. The molecular formula is C8H7F2LiO2. The van der Waals surface area contributed by atoms with E-state index in [2.05, 4.69) is 0 Å². The molecule has 0 saturated heterocycles. The molecule has 0 spiro atoms. The Morgan fingerprint density at radius 3 is 1.92 bits per heavy atom. The summed E-state index contributed by atoms with van der Waals surface area (Å²) < 4.78 is 20.7. The third-order valence-corrected chi connectivity index (χ3v) is 1.02. The molecule has 0 aromatic heterocycles. The van der Waals surface area contributed by atoms with E-state index in [-0.39, 0.29) is 0 Å². The van der Waals surface area contributed by atoms with Gasteiger partial charge in [0.05, 0.1) is 5.56 Å². The maximum atomic E-state index is 10.3. The van der Waals surface area contributed by atoms with E-state index < -0.39 is 11.1 Å². The predicted molar refractivity (Wildman–Crippen MR) is 45.2 cm³/mol. The summed E-state index contributed by atoms with van der Waals surface area (Å²) >= 11 is 0.833. The number of hydrogen-bond donors (Lipinski definition) is 1. The van der Waals surface area contributed by atoms with Crippen molar-refractivity contribution < 1.29 is 18.7 Å². The Kier molecular flexibility index (Phi) is 6.21. The molecule has 0 bridgehead atoms. The Morgan fingerprint density at radius 1 is 1.31 bits per heavy atom. The molecule has 66 valence electrons. The molecule has 0 amide bonds. The van der Waals surface area contributed by atoms with Gasteiger partial charge in [0.25, 0.3) is 0 Å². The Morgan fingerprint density at radius 2 is 1.69 bits per heavy atom. The van der Waals surface area contributed by atoms with E-state index in [0.717, 1.165) is 17.7 Å². The topological polar surface area (TPSA) is 37.3 Å². The van der Waals surface area contributed by atoms with Gasteiger partial charge in [0.15, 0.2) is 0 Å². The number of carboxylic acids is 1. The van der Waals surface area contributed by atoms with Gasteiger partial charge in [0.2, 0.25) is 0 Å². The van der Waals surface area contributed by atoms with E-state index in [9.17, 15) is 13.6 Å². The molecule has 13 heavy (non-hydrogen) atoms. The quantitative estimate of drug-likeness (QED) is 0.668. The van der Waals surface area contributed by atoms with E-state index in [1.165, 1.54) is 0 Å². The van der Waals surface area contributed by atoms with Gasteiger partial charge in [-0.25, -0.2) is 4.79 Å². The molecule has 1 aromatic rings. The number of rotatable bonds is 1. The zero-order valence-electron chi connectivity index (χ0n) is 7.08. The maximum absolute atomic E-state index is 10.3. The summed E-state index contributed by atoms with van der Waals surface area (Å²) in [5.74, 6) is -0.879. The van der Waals surface area contributed by atoms with Crippen LogP contribution in [-0.4, -0.2) is 33.9 Å². The fraction of sp³-hybridized carbons (Fsp3) is 0.125. The van der Waals surface area contributed by atoms with Crippen molar-refractivity contribution in [1.29, 1.82) is 0 Å². The molecule has 0 radical (unpaired) electrons. The van der Waals surface area contributed by atoms with Gasteiger partial charge < -0.3 is 5.11 Å². The fourth-order valence-electron chi connectivity index (χ4n) is 0.581. The molecule has 1 aromatic carbocycles. The number of carboxylic acid groups (broad SMARTS) is 1. The predicted octanol–water partition coefficient (Wildman–Crippen LogP) is 1.76. The van der Waals surface area contributed by atoms with E-state index in [1.54, 1.807) is 30.3 Å². The summed E-state index contributed by atoms with van der Waals surface area (Å²) in [6.45, 7) is 0. The Bertz CT molecular complexity index is 249. The van der Waals surface area contributed by atoms with Crippen LogP contribution in [0.3, 0.4) is 0 Å². The molecule has 5 heteroatoms. The van der Waals surface area contributed by atoms with Gasteiger partial charge in [0, 0.05) is 0 Å². The van der Waals surface area contributed by atoms with Crippen LogP contribution >= 0.6 is 0 Å². The molecule has 1 N–H and O–H groups in total. The Hall–Kier alpha value is -0.853. The van der Waals surface area contributed by atoms with Crippen LogP contribution in [0.25, 0.3) is 0 Å². The van der Waals surface area contributed by atoms with Crippen molar-refractivity contribution in [3.8, 4) is 0 Å². The molecule has 0 aliphatic heterocycles. The number of alkyl halides is 2. The van der Waals surface area contributed by atoms with Gasteiger partial charge in [-0.05, 0) is 12.1 Å². The zero-order valence-corrected chi connectivity index (χ0v) is 7.08. The average Bonchev–Trinajstić information content (AvgIpc) is 2.05. The first-order valence-electron chi connectivity index (χ1n) is 3.60. The van der Waals surface area contributed by atoms with Crippen LogP contribution in [0.15, 0.2) is 30.3 Å². The van der Waals surface area contributed by atoms with Crippen LogP contribution < -0.4 is 0 Å². The van der Waals surface area contributed by atoms with E-state index >= 15 is 0 Å². The minimum atomic E-state index is -2.17. The van der Waals surface area contributed by atoms with Crippen molar-refractivity contribution in [3.05, 3.63) is 35.9 Å². The molecule has 0 aliphatic carbocycles. The summed E-state index contributed by atoms with van der Waals surface area (Å²) in [5, 5.41) is 6.22. The van der Waals surface area contributed by atoms with Gasteiger partial charge in [-0.2, -0.15) is 0 Å². The number of aromatic carboxylic acids is 1. The minimum absolute atomic E-state index is 0.331. The van der Waals surface area contributed by atoms with Gasteiger partial charge in [0.1, 0.15) is 0 Å². The van der Waals surface area contributed by atoms with Crippen LogP contribution in [0.1, 0.15) is 10.4 Å². The zero-order chi connectivity index (χ0) is 10.3. The standard InChI is InChI=1S/C7H6O2.CHF2.Li/c8-7(9)6-4-2-1-3-5-6;2-1-3;/h1-5H,(H,8,9);1H;. The van der Waals surface area contributed by atoms with Gasteiger partial charge in [-0.3, -0.25) is 0 Å². The normalized spacial score (nSPS) is 9.00. The first kappa shape index (κ1) is 12.1. The van der Waals surface area contributed by atoms with E-state index in [1.807, 2.05) is 0 Å². The average molecular weight is 180 g/mol. The molecule has 0 aliphatic rings. The monoisotopic (exact) mass is 180 g/mol. The fourth-order valence-corrected chi connectivity index (χ4v) is 0.581. The van der Waals surface area contributed by atoms with Crippen molar-refractivity contribution in [2.24, 2.45) is 0 Å². The molecule has 0 saturated carbocycles. The van der Waals surface area contributed by atoms with Gasteiger partial charge >= 0.3 is 37.6 Å². The molecular weight excluding hydrogens is 173 g/mol. The summed E-state index contributed by atoms with van der Waals surface area (Å²) in [6, 6.07) is 8.30. The molecule has 0 fully saturated rings. The number of carbonyl (C=O) groups is 1. The van der Waals surface area contributed by atoms with E-state index in [4.69, 9.17) is 5.11 Å². The molecule has 2 nitrogen and oxygen atoms in total. The van der Waals surface area contributed by atoms with Crippen LogP contribution in [0.4, 0.5) is 8.78 Å². The second kappa shape index (κ2) is 6.64. The summed E-state index contributed by atoms with van der Waals surface area (Å²) in [5.41, 5.74) is 0.331. The van der Waals surface area contributed by atoms with Gasteiger partial charge in [-0.1, -0.05) is 18.2 Å². The first-order chi connectivity index (χ1) is 6.04. The van der Waals surface area contributed by atoms with Gasteiger partial charge in [-0.15, -0.1) is 0 Å². The number of benzene rings is 1. The third kappa shape index (κ3) is 7.51. The molecule has 0 atom stereocenters. The van der Waals surface area contributed by atoms with Crippen molar-refractivity contribution in [2.75, 3.05) is 0 Å². The summed E-state index contributed by atoms with van der Waals surface area (Å²) in [7, 11) is 0. The SMILES string of the molecule is O=C(O)c1ccccc1.[Li][CH](F)F. The van der Waals surface area contributed by atoms with Crippen molar-refractivity contribution >= 4 is 23.7 Å². The Labute approximate surface area is 83.8 Å². The molecule has 0 unspecified atom stereocenters.